The molecule has 3 amide bonds. The molecular formula is C25H35N7O3. The van der Waals surface area contributed by atoms with Crippen molar-refractivity contribution >= 4 is 34.5 Å². The number of carbonyl (C=O) groups is 3. The molecule has 10 heteroatoms. The van der Waals surface area contributed by atoms with Crippen molar-refractivity contribution in [1.29, 1.82) is 0 Å². The van der Waals surface area contributed by atoms with Crippen molar-refractivity contribution in [3.8, 4) is 0 Å². The quantitative estimate of drug-likeness (QED) is 0.149. The van der Waals surface area contributed by atoms with Gasteiger partial charge in [-0.2, -0.15) is 0 Å². The maximum Gasteiger partial charge on any atom is 0.240 e. The molecule has 0 heterocycles. The first-order chi connectivity index (χ1) is 16.7. The summed E-state index contributed by atoms with van der Waals surface area (Å²) >= 11 is 0. The summed E-state index contributed by atoms with van der Waals surface area (Å²) in [5.74, 6) is -1.37. The smallest absolute Gasteiger partial charge is 0.240 e. The highest BCUT2D eigenvalue weighted by Gasteiger charge is 2.33. The van der Waals surface area contributed by atoms with Crippen LogP contribution in [-0.2, 0) is 20.8 Å². The van der Waals surface area contributed by atoms with Crippen LogP contribution in [0.4, 0.5) is 0 Å². The zero-order valence-corrected chi connectivity index (χ0v) is 19.8. The Balaban J connectivity index is 1.51. The minimum absolute atomic E-state index is 0.00833. The van der Waals surface area contributed by atoms with Crippen molar-refractivity contribution in [2.75, 3.05) is 6.54 Å². The number of nitrogens with two attached hydrogens (primary N) is 4. The molecule has 188 valence electrons. The lowest BCUT2D eigenvalue weighted by atomic mass is 9.97. The van der Waals surface area contributed by atoms with Crippen LogP contribution < -0.4 is 33.6 Å². The Bertz CT molecular complexity index is 1080. The largest absolute Gasteiger partial charge is 0.370 e. The van der Waals surface area contributed by atoms with Crippen molar-refractivity contribution in [2.24, 2.45) is 33.8 Å². The number of aliphatic imine (C=N–C) groups is 1. The topological polar surface area (TPSA) is 192 Å². The van der Waals surface area contributed by atoms with E-state index in [-0.39, 0.29) is 29.7 Å². The summed E-state index contributed by atoms with van der Waals surface area (Å²) in [6, 6.07) is 12.1. The van der Waals surface area contributed by atoms with Gasteiger partial charge in [0.25, 0.3) is 0 Å². The van der Waals surface area contributed by atoms with Gasteiger partial charge in [-0.3, -0.25) is 19.4 Å². The van der Waals surface area contributed by atoms with Crippen LogP contribution in [0.25, 0.3) is 10.8 Å². The van der Waals surface area contributed by atoms with E-state index in [9.17, 15) is 14.4 Å². The average molecular weight is 482 g/mol. The molecule has 0 unspecified atom stereocenters. The highest BCUT2D eigenvalue weighted by Crippen LogP contribution is 2.26. The fourth-order valence-corrected chi connectivity index (χ4v) is 4.51. The monoisotopic (exact) mass is 481 g/mol. The second-order valence-electron chi connectivity index (χ2n) is 9.08. The second kappa shape index (κ2) is 12.2. The molecule has 1 saturated carbocycles. The third-order valence-corrected chi connectivity index (χ3v) is 6.42. The van der Waals surface area contributed by atoms with Gasteiger partial charge in [0.05, 0.1) is 6.04 Å². The highest BCUT2D eigenvalue weighted by molar-refractivity contribution is 5.90. The van der Waals surface area contributed by atoms with Crippen molar-refractivity contribution in [3.63, 3.8) is 0 Å². The second-order valence-corrected chi connectivity index (χ2v) is 9.08. The van der Waals surface area contributed by atoms with Crippen LogP contribution >= 0.6 is 0 Å². The number of hydrogen-bond acceptors (Lipinski definition) is 5. The van der Waals surface area contributed by atoms with Crippen LogP contribution in [0, 0.1) is 5.92 Å². The van der Waals surface area contributed by atoms with E-state index in [4.69, 9.17) is 22.9 Å². The van der Waals surface area contributed by atoms with Gasteiger partial charge in [0.1, 0.15) is 6.04 Å². The van der Waals surface area contributed by atoms with Gasteiger partial charge in [0, 0.05) is 24.9 Å². The van der Waals surface area contributed by atoms with Gasteiger partial charge in [0.2, 0.25) is 17.7 Å². The molecule has 0 radical (unpaired) electrons. The van der Waals surface area contributed by atoms with Crippen LogP contribution in [0.5, 0.6) is 0 Å². The van der Waals surface area contributed by atoms with Crippen molar-refractivity contribution in [1.82, 2.24) is 10.6 Å². The van der Waals surface area contributed by atoms with Crippen molar-refractivity contribution in [3.05, 3.63) is 48.0 Å². The van der Waals surface area contributed by atoms with Crippen LogP contribution in [0.1, 0.15) is 37.7 Å². The summed E-state index contributed by atoms with van der Waals surface area (Å²) in [5.41, 5.74) is 23.1. The third kappa shape index (κ3) is 7.41. The fraction of sp³-hybridized carbons (Fsp3) is 0.440. The third-order valence-electron chi connectivity index (χ3n) is 6.42. The molecule has 10 nitrogen and oxygen atoms in total. The van der Waals surface area contributed by atoms with Crippen LogP contribution in [0.15, 0.2) is 47.5 Å². The molecule has 0 bridgehead atoms. The Morgan fingerprint density at radius 3 is 2.51 bits per heavy atom. The van der Waals surface area contributed by atoms with Crippen LogP contribution in [0.3, 0.4) is 0 Å². The number of rotatable bonds is 11. The molecule has 1 aliphatic carbocycles. The predicted molar refractivity (Wildman–Crippen MR) is 136 cm³/mol. The number of benzene rings is 2. The van der Waals surface area contributed by atoms with E-state index in [0.717, 1.165) is 16.3 Å². The van der Waals surface area contributed by atoms with E-state index in [2.05, 4.69) is 15.6 Å². The summed E-state index contributed by atoms with van der Waals surface area (Å²) < 4.78 is 0. The first-order valence-electron chi connectivity index (χ1n) is 11.9. The van der Waals surface area contributed by atoms with Crippen molar-refractivity contribution < 1.29 is 14.4 Å². The Labute approximate surface area is 204 Å². The molecule has 0 aromatic heterocycles. The first kappa shape index (κ1) is 26.0. The maximum atomic E-state index is 12.9. The van der Waals surface area contributed by atoms with Gasteiger partial charge in [-0.05, 0) is 48.4 Å². The summed E-state index contributed by atoms with van der Waals surface area (Å²) in [6.07, 6.45) is 3.11. The molecule has 2 aromatic carbocycles. The van der Waals surface area contributed by atoms with Gasteiger partial charge >= 0.3 is 0 Å². The number of nitrogens with zero attached hydrogens (tertiary/aromatic N) is 1. The summed E-state index contributed by atoms with van der Waals surface area (Å²) in [6.45, 7) is 0.411. The van der Waals surface area contributed by atoms with Crippen LogP contribution in [-0.4, -0.2) is 48.4 Å². The molecule has 2 aromatic rings. The van der Waals surface area contributed by atoms with E-state index in [1.165, 1.54) is 0 Å². The van der Waals surface area contributed by atoms with Crippen molar-refractivity contribution in [2.45, 2.75) is 56.7 Å². The number of nitrogens with one attached hydrogen (secondary N) is 2. The molecule has 1 fully saturated rings. The van der Waals surface area contributed by atoms with Gasteiger partial charge < -0.3 is 33.6 Å². The van der Waals surface area contributed by atoms with E-state index in [0.29, 0.717) is 45.1 Å². The van der Waals surface area contributed by atoms with Gasteiger partial charge in [-0.1, -0.05) is 42.5 Å². The SMILES string of the molecule is NC(=O)[C@H](Cc1cccc2ccccc12)NC(=O)[C@H]1CC[C@@H](NC(=O)[C@@H](N)CCCN=C(N)N)C1. The molecule has 10 N–H and O–H groups in total. The zero-order valence-electron chi connectivity index (χ0n) is 19.8. The summed E-state index contributed by atoms with van der Waals surface area (Å²) in [4.78, 5) is 41.3. The Morgan fingerprint density at radius 1 is 1.03 bits per heavy atom. The molecule has 0 saturated heterocycles. The lowest BCUT2D eigenvalue weighted by molar-refractivity contribution is -0.130. The number of amides is 3. The van der Waals surface area contributed by atoms with E-state index in [1.54, 1.807) is 0 Å². The van der Waals surface area contributed by atoms with Crippen LogP contribution in [0.2, 0.25) is 0 Å². The Hall–Kier alpha value is -3.66. The Morgan fingerprint density at radius 2 is 1.77 bits per heavy atom. The summed E-state index contributed by atoms with van der Waals surface area (Å²) in [5, 5.41) is 7.84. The normalized spacial score (nSPS) is 19.0. The maximum absolute atomic E-state index is 12.9. The number of hydrogen-bond donors (Lipinski definition) is 6. The first-order valence-corrected chi connectivity index (χ1v) is 11.9. The van der Waals surface area contributed by atoms with Gasteiger partial charge in [-0.15, -0.1) is 0 Å². The summed E-state index contributed by atoms with van der Waals surface area (Å²) in [7, 11) is 0. The standard InChI is InChI=1S/C25H35N7O3/c26-20(9-4-12-30-25(28)29)24(35)31-18-11-10-17(13-18)23(34)32-21(22(27)33)14-16-7-3-6-15-5-1-2-8-19(15)16/h1-3,5-8,17-18,20-21H,4,9-14,26H2,(H2,27,33)(H,31,35)(H,32,34)(H4,28,29,30)/t17-,18+,20-,21-/m0/s1. The molecule has 35 heavy (non-hydrogen) atoms. The Kier molecular flexibility index (Phi) is 9.02. The molecule has 0 aliphatic heterocycles. The minimum Gasteiger partial charge on any atom is -0.370 e. The van der Waals surface area contributed by atoms with E-state index < -0.39 is 18.0 Å². The lowest BCUT2D eigenvalue weighted by Gasteiger charge is -2.20. The average Bonchev–Trinajstić information content (AvgIpc) is 3.29. The number of fused-ring (bicyclic) bond motifs is 1. The van der Waals surface area contributed by atoms with Gasteiger partial charge in [-0.25, -0.2) is 0 Å². The molecular weight excluding hydrogens is 446 g/mol. The van der Waals surface area contributed by atoms with E-state index in [1.807, 2.05) is 42.5 Å². The van der Waals surface area contributed by atoms with E-state index >= 15 is 0 Å². The van der Waals surface area contributed by atoms with Gasteiger partial charge in [0.15, 0.2) is 5.96 Å². The zero-order chi connectivity index (χ0) is 25.4. The predicted octanol–water partition coefficient (Wildman–Crippen LogP) is 0.0182. The number of primary amides is 1. The fourth-order valence-electron chi connectivity index (χ4n) is 4.51. The molecule has 1 aliphatic rings. The number of carbonyl (C=O) groups excluding carboxylic acids is 3. The molecule has 0 spiro atoms. The highest BCUT2D eigenvalue weighted by atomic mass is 16.2. The lowest BCUT2D eigenvalue weighted by Crippen LogP contribution is -2.48. The molecule has 4 atom stereocenters. The minimum atomic E-state index is -0.819. The number of guanidine groups is 1. The molecule has 3 rings (SSSR count).